The molecular weight excluding hydrogens is 566 g/mol. The molecule has 0 saturated heterocycles. The zero-order valence-electron chi connectivity index (χ0n) is 24.0. The van der Waals surface area contributed by atoms with E-state index in [2.05, 4.69) is 5.32 Å². The zero-order valence-corrected chi connectivity index (χ0v) is 25.6. The molecular formula is C30H36ClN3O6S. The summed E-state index contributed by atoms with van der Waals surface area (Å²) in [5, 5.41) is 3.31. The molecule has 0 saturated carbocycles. The maximum Gasteiger partial charge on any atom is 0.264 e. The number of para-hydroxylation sites is 2. The van der Waals surface area contributed by atoms with E-state index in [4.69, 9.17) is 21.1 Å². The number of ether oxygens (including phenoxy) is 2. The number of hydrogen-bond acceptors (Lipinski definition) is 6. The van der Waals surface area contributed by atoms with Crippen molar-refractivity contribution in [1.29, 1.82) is 0 Å². The number of amides is 2. The van der Waals surface area contributed by atoms with Crippen molar-refractivity contribution in [3.8, 4) is 11.5 Å². The summed E-state index contributed by atoms with van der Waals surface area (Å²) < 4.78 is 39.7. The molecule has 1 N–H and O–H groups in total. The van der Waals surface area contributed by atoms with Gasteiger partial charge in [-0.05, 0) is 75.7 Å². The van der Waals surface area contributed by atoms with Crippen LogP contribution in [0.25, 0.3) is 0 Å². The quantitative estimate of drug-likeness (QED) is 0.336. The van der Waals surface area contributed by atoms with Gasteiger partial charge in [-0.25, -0.2) is 8.42 Å². The van der Waals surface area contributed by atoms with E-state index in [9.17, 15) is 18.0 Å². The van der Waals surface area contributed by atoms with Crippen LogP contribution in [-0.4, -0.2) is 57.5 Å². The second kappa shape index (κ2) is 13.3. The third-order valence-corrected chi connectivity index (χ3v) is 8.39. The monoisotopic (exact) mass is 601 g/mol. The molecule has 41 heavy (non-hydrogen) atoms. The maximum absolute atomic E-state index is 14.1. The first-order valence-electron chi connectivity index (χ1n) is 12.9. The Hall–Kier alpha value is -3.76. The van der Waals surface area contributed by atoms with Crippen molar-refractivity contribution in [2.24, 2.45) is 0 Å². The molecule has 220 valence electrons. The predicted octanol–water partition coefficient (Wildman–Crippen LogP) is 4.88. The van der Waals surface area contributed by atoms with E-state index < -0.39 is 34.1 Å². The average Bonchev–Trinajstić information content (AvgIpc) is 2.94. The van der Waals surface area contributed by atoms with Crippen LogP contribution in [0.2, 0.25) is 5.02 Å². The van der Waals surface area contributed by atoms with Crippen molar-refractivity contribution in [2.75, 3.05) is 25.1 Å². The van der Waals surface area contributed by atoms with Crippen molar-refractivity contribution < 1.29 is 27.5 Å². The van der Waals surface area contributed by atoms with E-state index in [1.165, 1.54) is 43.4 Å². The Bertz CT molecular complexity index is 1470. The van der Waals surface area contributed by atoms with E-state index in [-0.39, 0.29) is 28.8 Å². The van der Waals surface area contributed by atoms with Gasteiger partial charge in [0, 0.05) is 17.1 Å². The number of carbonyl (C=O) groups excluding carboxylic acids is 2. The number of methoxy groups -OCH3 is 2. The van der Waals surface area contributed by atoms with Gasteiger partial charge >= 0.3 is 0 Å². The summed E-state index contributed by atoms with van der Waals surface area (Å²) in [7, 11) is -1.37. The Kier molecular flexibility index (Phi) is 10.3. The van der Waals surface area contributed by atoms with Gasteiger partial charge in [-0.2, -0.15) is 0 Å². The van der Waals surface area contributed by atoms with Gasteiger partial charge in [-0.3, -0.25) is 13.9 Å². The van der Waals surface area contributed by atoms with E-state index in [0.29, 0.717) is 16.3 Å². The van der Waals surface area contributed by atoms with Gasteiger partial charge in [0.1, 0.15) is 24.1 Å². The van der Waals surface area contributed by atoms with Crippen LogP contribution in [0.4, 0.5) is 5.69 Å². The minimum atomic E-state index is -4.27. The fourth-order valence-electron chi connectivity index (χ4n) is 4.09. The highest BCUT2D eigenvalue weighted by Gasteiger charge is 2.34. The second-order valence-electron chi connectivity index (χ2n) is 10.4. The van der Waals surface area contributed by atoms with Crippen molar-refractivity contribution in [2.45, 2.75) is 50.7 Å². The Morgan fingerprint density at radius 2 is 1.54 bits per heavy atom. The molecule has 0 aliphatic carbocycles. The molecule has 0 aliphatic heterocycles. The molecule has 0 spiro atoms. The number of nitrogens with one attached hydrogen (secondary N) is 1. The van der Waals surface area contributed by atoms with Crippen molar-refractivity contribution in [3.63, 3.8) is 0 Å². The van der Waals surface area contributed by atoms with E-state index in [0.717, 1.165) is 4.31 Å². The molecule has 0 aliphatic rings. The lowest BCUT2D eigenvalue weighted by Gasteiger charge is -2.34. The third kappa shape index (κ3) is 7.92. The molecule has 9 nitrogen and oxygen atoms in total. The average molecular weight is 602 g/mol. The largest absolute Gasteiger partial charge is 0.497 e. The molecule has 3 rings (SSSR count). The standard InChI is InChI=1S/C30H36ClN3O6S/c1-21(29(36)32-30(2,3)4)33(19-22-11-7-8-12-25(22)31)28(35)20-34(26-13-9-10-14-27(26)40-6)41(37,38)24-17-15-23(39-5)16-18-24/h7-18,21H,19-20H2,1-6H3,(H,32,36). The molecule has 3 aromatic carbocycles. The van der Waals surface area contributed by atoms with Crippen LogP contribution in [0, 0.1) is 0 Å². The van der Waals surface area contributed by atoms with Gasteiger partial charge in [0.05, 0.1) is 24.8 Å². The van der Waals surface area contributed by atoms with Crippen LogP contribution < -0.4 is 19.1 Å². The Labute approximate surface area is 247 Å². The van der Waals surface area contributed by atoms with E-state index >= 15 is 0 Å². The van der Waals surface area contributed by atoms with Gasteiger partial charge < -0.3 is 19.7 Å². The fraction of sp³-hybridized carbons (Fsp3) is 0.333. The molecule has 3 aromatic rings. The number of sulfonamides is 1. The summed E-state index contributed by atoms with van der Waals surface area (Å²) in [6.45, 7) is 6.49. The summed E-state index contributed by atoms with van der Waals surface area (Å²) >= 11 is 6.41. The number of hydrogen-bond donors (Lipinski definition) is 1. The van der Waals surface area contributed by atoms with Crippen molar-refractivity contribution >= 4 is 39.1 Å². The molecule has 1 atom stereocenters. The molecule has 0 radical (unpaired) electrons. The number of benzene rings is 3. The highest BCUT2D eigenvalue weighted by molar-refractivity contribution is 7.92. The van der Waals surface area contributed by atoms with Gasteiger partial charge in [-0.15, -0.1) is 0 Å². The number of rotatable bonds is 11. The summed E-state index contributed by atoms with van der Waals surface area (Å²) in [5.74, 6) is -0.258. The van der Waals surface area contributed by atoms with Crippen molar-refractivity contribution in [1.82, 2.24) is 10.2 Å². The Morgan fingerprint density at radius 3 is 2.12 bits per heavy atom. The molecule has 1 unspecified atom stereocenters. The van der Waals surface area contributed by atoms with Gasteiger partial charge in [0.25, 0.3) is 10.0 Å². The van der Waals surface area contributed by atoms with E-state index in [1.807, 2.05) is 20.8 Å². The first-order valence-corrected chi connectivity index (χ1v) is 14.7. The Balaban J connectivity index is 2.09. The number of carbonyl (C=O) groups is 2. The zero-order chi connectivity index (χ0) is 30.4. The maximum atomic E-state index is 14.1. The third-order valence-electron chi connectivity index (χ3n) is 6.24. The van der Waals surface area contributed by atoms with Gasteiger partial charge in [0.2, 0.25) is 11.8 Å². The van der Waals surface area contributed by atoms with Gasteiger partial charge in [0.15, 0.2) is 0 Å². The lowest BCUT2D eigenvalue weighted by Crippen LogP contribution is -2.54. The van der Waals surface area contributed by atoms with Crippen LogP contribution in [0.5, 0.6) is 11.5 Å². The number of halogens is 1. The van der Waals surface area contributed by atoms with Gasteiger partial charge in [-0.1, -0.05) is 41.9 Å². The van der Waals surface area contributed by atoms with Crippen molar-refractivity contribution in [3.05, 3.63) is 83.4 Å². The summed E-state index contributed by atoms with van der Waals surface area (Å²) in [6.07, 6.45) is 0. The van der Waals surface area contributed by atoms with Crippen LogP contribution in [-0.2, 0) is 26.2 Å². The lowest BCUT2D eigenvalue weighted by atomic mass is 10.1. The molecule has 11 heteroatoms. The van der Waals surface area contributed by atoms with Crippen LogP contribution in [0.1, 0.15) is 33.3 Å². The molecule has 0 heterocycles. The minimum absolute atomic E-state index is 0.0143. The summed E-state index contributed by atoms with van der Waals surface area (Å²) in [6, 6.07) is 18.4. The SMILES string of the molecule is COc1ccc(S(=O)(=O)N(CC(=O)N(Cc2ccccc2Cl)C(C)C(=O)NC(C)(C)C)c2ccccc2OC)cc1. The molecule has 0 aromatic heterocycles. The smallest absolute Gasteiger partial charge is 0.264 e. The first kappa shape index (κ1) is 31.8. The normalized spacial score (nSPS) is 12.3. The number of nitrogens with zero attached hydrogens (tertiary/aromatic N) is 2. The van der Waals surface area contributed by atoms with Crippen LogP contribution >= 0.6 is 11.6 Å². The lowest BCUT2D eigenvalue weighted by molar-refractivity contribution is -0.140. The Morgan fingerprint density at radius 1 is 0.927 bits per heavy atom. The minimum Gasteiger partial charge on any atom is -0.497 e. The fourth-order valence-corrected chi connectivity index (χ4v) is 5.71. The molecule has 2 amide bonds. The molecule has 0 fully saturated rings. The van der Waals surface area contributed by atoms with Crippen LogP contribution in [0.3, 0.4) is 0 Å². The van der Waals surface area contributed by atoms with Crippen LogP contribution in [0.15, 0.2) is 77.7 Å². The summed E-state index contributed by atoms with van der Waals surface area (Å²) in [4.78, 5) is 28.6. The highest BCUT2D eigenvalue weighted by Crippen LogP contribution is 2.33. The topological polar surface area (TPSA) is 105 Å². The second-order valence-corrected chi connectivity index (χ2v) is 12.7. The van der Waals surface area contributed by atoms with E-state index in [1.54, 1.807) is 55.5 Å². The number of anilines is 1. The predicted molar refractivity (Wildman–Crippen MR) is 160 cm³/mol. The summed E-state index contributed by atoms with van der Waals surface area (Å²) in [5.41, 5.74) is 0.231. The first-order chi connectivity index (χ1) is 19.3. The molecule has 0 bridgehead atoms. The highest BCUT2D eigenvalue weighted by atomic mass is 35.5.